The van der Waals surface area contributed by atoms with E-state index < -0.39 is 0 Å². The van der Waals surface area contributed by atoms with Crippen molar-refractivity contribution in [1.82, 2.24) is 4.90 Å². The number of amides is 1. The molecule has 1 saturated heterocycles. The summed E-state index contributed by atoms with van der Waals surface area (Å²) in [6.45, 7) is 4.29. The molecule has 31 heavy (non-hydrogen) atoms. The van der Waals surface area contributed by atoms with Gasteiger partial charge in [-0.3, -0.25) is 9.69 Å². The zero-order valence-corrected chi connectivity index (χ0v) is 19.1. The summed E-state index contributed by atoms with van der Waals surface area (Å²) in [7, 11) is 1.71. The summed E-state index contributed by atoms with van der Waals surface area (Å²) in [5.41, 5.74) is 3.06. The van der Waals surface area contributed by atoms with Crippen LogP contribution < -0.4 is 10.1 Å². The topological polar surface area (TPSA) is 41.6 Å². The van der Waals surface area contributed by atoms with Crippen molar-refractivity contribution in [3.63, 3.8) is 0 Å². The molecule has 1 amide bonds. The molecule has 1 aliphatic heterocycles. The van der Waals surface area contributed by atoms with Crippen LogP contribution in [0.5, 0.6) is 5.75 Å². The molecule has 2 heterocycles. The van der Waals surface area contributed by atoms with Crippen molar-refractivity contribution >= 4 is 22.2 Å². The van der Waals surface area contributed by atoms with Gasteiger partial charge >= 0.3 is 0 Å². The molecule has 1 atom stereocenters. The zero-order chi connectivity index (χ0) is 21.6. The van der Waals surface area contributed by atoms with E-state index in [2.05, 4.69) is 41.4 Å². The molecule has 1 fully saturated rings. The van der Waals surface area contributed by atoms with Crippen LogP contribution in [0, 0.1) is 0 Å². The normalized spacial score (nSPS) is 15.4. The van der Waals surface area contributed by atoms with Crippen LogP contribution in [-0.2, 0) is 6.42 Å². The quantitative estimate of drug-likeness (QED) is 0.485. The molecule has 0 radical (unpaired) electrons. The number of aryl methyl sites for hydroxylation is 1. The standard InChI is InChI=1S/C26H30N2O2S/c1-3-22-18-23(26(31-22)27-25(29)19-11-6-4-7-12-19)24(28-15-8-5-9-16-28)20-13-10-14-21(17-20)30-2/h4,6-7,10-14,17-18,24H,3,5,8-9,15-16H2,1-2H3,(H,27,29). The van der Waals surface area contributed by atoms with Gasteiger partial charge in [-0.25, -0.2) is 0 Å². The molecule has 2 aromatic carbocycles. The van der Waals surface area contributed by atoms with E-state index in [1.165, 1.54) is 35.3 Å². The Labute approximate surface area is 188 Å². The number of rotatable bonds is 7. The van der Waals surface area contributed by atoms with Crippen LogP contribution >= 0.6 is 11.3 Å². The highest BCUT2D eigenvalue weighted by molar-refractivity contribution is 7.16. The second kappa shape index (κ2) is 10.1. The third kappa shape index (κ3) is 5.00. The van der Waals surface area contributed by atoms with E-state index >= 15 is 0 Å². The fourth-order valence-electron chi connectivity index (χ4n) is 4.27. The van der Waals surface area contributed by atoms with Crippen LogP contribution in [0.4, 0.5) is 5.00 Å². The number of nitrogens with zero attached hydrogens (tertiary/aromatic N) is 1. The van der Waals surface area contributed by atoms with Gasteiger partial charge in [0.1, 0.15) is 10.8 Å². The molecule has 162 valence electrons. The Bertz CT molecular complexity index is 1010. The minimum absolute atomic E-state index is 0.0608. The van der Waals surface area contributed by atoms with E-state index in [9.17, 15) is 4.79 Å². The van der Waals surface area contributed by atoms with Gasteiger partial charge in [0.2, 0.25) is 0 Å². The van der Waals surface area contributed by atoms with Gasteiger partial charge in [0.15, 0.2) is 0 Å². The molecule has 4 nitrogen and oxygen atoms in total. The molecule has 4 rings (SSSR count). The van der Waals surface area contributed by atoms with Crippen molar-refractivity contribution in [3.05, 3.63) is 82.2 Å². The van der Waals surface area contributed by atoms with E-state index in [-0.39, 0.29) is 11.9 Å². The molecule has 3 aromatic rings. The van der Waals surface area contributed by atoms with Gasteiger partial charge in [-0.05, 0) is 68.2 Å². The number of hydrogen-bond acceptors (Lipinski definition) is 4. The third-order valence-electron chi connectivity index (χ3n) is 5.88. The van der Waals surface area contributed by atoms with Crippen molar-refractivity contribution in [2.75, 3.05) is 25.5 Å². The first kappa shape index (κ1) is 21.6. The van der Waals surface area contributed by atoms with Crippen LogP contribution in [-0.4, -0.2) is 31.0 Å². The lowest BCUT2D eigenvalue weighted by Crippen LogP contribution is -2.34. The Morgan fingerprint density at radius 3 is 2.55 bits per heavy atom. The first-order valence-electron chi connectivity index (χ1n) is 11.1. The summed E-state index contributed by atoms with van der Waals surface area (Å²) in [6, 6.07) is 20.2. The Hall–Kier alpha value is -2.63. The first-order chi connectivity index (χ1) is 15.2. The molecule has 1 N–H and O–H groups in total. The van der Waals surface area contributed by atoms with E-state index in [1.807, 2.05) is 36.4 Å². The molecule has 1 aliphatic rings. The van der Waals surface area contributed by atoms with Gasteiger partial charge in [-0.15, -0.1) is 11.3 Å². The predicted octanol–water partition coefficient (Wildman–Crippen LogP) is 6.15. The summed E-state index contributed by atoms with van der Waals surface area (Å²) in [5, 5.41) is 4.17. The van der Waals surface area contributed by atoms with E-state index in [4.69, 9.17) is 4.74 Å². The number of carbonyl (C=O) groups excluding carboxylic acids is 1. The second-order valence-corrected chi connectivity index (χ2v) is 9.08. The zero-order valence-electron chi connectivity index (χ0n) is 18.3. The van der Waals surface area contributed by atoms with Crippen LogP contribution in [0.2, 0.25) is 0 Å². The highest BCUT2D eigenvalue weighted by atomic mass is 32.1. The Balaban J connectivity index is 1.75. The smallest absolute Gasteiger partial charge is 0.256 e. The maximum atomic E-state index is 13.0. The third-order valence-corrected chi connectivity index (χ3v) is 7.09. The van der Waals surface area contributed by atoms with Crippen molar-refractivity contribution in [1.29, 1.82) is 0 Å². The van der Waals surface area contributed by atoms with Crippen LogP contribution in [0.1, 0.15) is 58.6 Å². The van der Waals surface area contributed by atoms with Gasteiger partial charge in [0, 0.05) is 16.0 Å². The first-order valence-corrected chi connectivity index (χ1v) is 11.9. The summed E-state index contributed by atoms with van der Waals surface area (Å²) in [5.74, 6) is 0.801. The molecule has 5 heteroatoms. The Morgan fingerprint density at radius 2 is 1.84 bits per heavy atom. The minimum Gasteiger partial charge on any atom is -0.497 e. The number of piperidine rings is 1. The number of likely N-dealkylation sites (tertiary alicyclic amines) is 1. The van der Waals surface area contributed by atoms with E-state index in [0.717, 1.165) is 30.3 Å². The highest BCUT2D eigenvalue weighted by Crippen LogP contribution is 2.41. The number of benzene rings is 2. The van der Waals surface area contributed by atoms with Crippen LogP contribution in [0.3, 0.4) is 0 Å². The predicted molar refractivity (Wildman–Crippen MR) is 128 cm³/mol. The fraction of sp³-hybridized carbons (Fsp3) is 0.346. The van der Waals surface area contributed by atoms with Crippen molar-refractivity contribution < 1.29 is 9.53 Å². The Morgan fingerprint density at radius 1 is 1.06 bits per heavy atom. The molecule has 0 aliphatic carbocycles. The lowest BCUT2D eigenvalue weighted by molar-refractivity contribution is 0.102. The van der Waals surface area contributed by atoms with Crippen LogP contribution in [0.25, 0.3) is 0 Å². The number of methoxy groups -OCH3 is 1. The molecular weight excluding hydrogens is 404 g/mol. The largest absolute Gasteiger partial charge is 0.497 e. The van der Waals surface area contributed by atoms with E-state index in [0.29, 0.717) is 5.56 Å². The number of hydrogen-bond donors (Lipinski definition) is 1. The molecule has 0 saturated carbocycles. The van der Waals surface area contributed by atoms with Gasteiger partial charge in [0.05, 0.1) is 13.2 Å². The summed E-state index contributed by atoms with van der Waals surface area (Å²) in [6.07, 6.45) is 4.64. The monoisotopic (exact) mass is 434 g/mol. The van der Waals surface area contributed by atoms with Crippen LogP contribution in [0.15, 0.2) is 60.7 Å². The minimum atomic E-state index is -0.0608. The van der Waals surface area contributed by atoms with Crippen molar-refractivity contribution in [2.45, 2.75) is 38.6 Å². The average Bonchev–Trinajstić information content (AvgIpc) is 3.23. The average molecular weight is 435 g/mol. The van der Waals surface area contributed by atoms with Crippen molar-refractivity contribution in [2.24, 2.45) is 0 Å². The van der Waals surface area contributed by atoms with Crippen molar-refractivity contribution in [3.8, 4) is 5.75 Å². The lowest BCUT2D eigenvalue weighted by Gasteiger charge is -2.35. The molecule has 0 spiro atoms. The number of ether oxygens (including phenoxy) is 1. The van der Waals surface area contributed by atoms with Gasteiger partial charge in [-0.1, -0.05) is 43.7 Å². The summed E-state index contributed by atoms with van der Waals surface area (Å²) >= 11 is 1.69. The van der Waals surface area contributed by atoms with E-state index in [1.54, 1.807) is 18.4 Å². The number of carbonyl (C=O) groups is 1. The van der Waals surface area contributed by atoms with Gasteiger partial charge in [-0.2, -0.15) is 0 Å². The highest BCUT2D eigenvalue weighted by Gasteiger charge is 2.28. The molecule has 1 unspecified atom stereocenters. The number of nitrogens with one attached hydrogen (secondary N) is 1. The second-order valence-electron chi connectivity index (χ2n) is 7.95. The molecule has 0 bridgehead atoms. The molecule has 1 aromatic heterocycles. The Kier molecular flexibility index (Phi) is 7.05. The number of thiophene rings is 1. The van der Waals surface area contributed by atoms with Gasteiger partial charge < -0.3 is 10.1 Å². The summed E-state index contributed by atoms with van der Waals surface area (Å²) < 4.78 is 5.52. The molecular formula is C26H30N2O2S. The summed E-state index contributed by atoms with van der Waals surface area (Å²) in [4.78, 5) is 16.8. The lowest BCUT2D eigenvalue weighted by atomic mass is 9.95. The maximum absolute atomic E-state index is 13.0. The fourth-order valence-corrected chi connectivity index (χ4v) is 5.30. The SMILES string of the molecule is CCc1cc(C(c2cccc(OC)c2)N2CCCCC2)c(NC(=O)c2ccccc2)s1. The maximum Gasteiger partial charge on any atom is 0.256 e. The number of anilines is 1. The van der Waals surface area contributed by atoms with Gasteiger partial charge in [0.25, 0.3) is 5.91 Å².